The van der Waals surface area contributed by atoms with Crippen LogP contribution in [-0.2, 0) is 20.9 Å². The summed E-state index contributed by atoms with van der Waals surface area (Å²) in [6.07, 6.45) is 0. The topological polar surface area (TPSA) is 58.6 Å². The van der Waals surface area contributed by atoms with Crippen molar-refractivity contribution in [3.8, 4) is 0 Å². The van der Waals surface area contributed by atoms with Gasteiger partial charge in [-0.05, 0) is 23.8 Å². The Hall–Kier alpha value is -2.44. The number of esters is 1. The summed E-state index contributed by atoms with van der Waals surface area (Å²) in [5, 5.41) is 2.80. The highest BCUT2D eigenvalue weighted by Crippen LogP contribution is 2.22. The van der Waals surface area contributed by atoms with E-state index in [0.29, 0.717) is 18.8 Å². The molecule has 0 spiro atoms. The lowest BCUT2D eigenvalue weighted by Gasteiger charge is -2.24. The van der Waals surface area contributed by atoms with Gasteiger partial charge >= 0.3 is 5.97 Å². The van der Waals surface area contributed by atoms with E-state index < -0.39 is 5.82 Å². The molecule has 0 saturated heterocycles. The fourth-order valence-electron chi connectivity index (χ4n) is 2.67. The van der Waals surface area contributed by atoms with Crippen molar-refractivity contribution in [3.05, 3.63) is 64.9 Å². The van der Waals surface area contributed by atoms with Crippen LogP contribution in [0.15, 0.2) is 48.5 Å². The van der Waals surface area contributed by atoms with Crippen molar-refractivity contribution in [3.63, 3.8) is 0 Å². The number of nitrogens with zero attached hydrogens (tertiary/aromatic N) is 1. The van der Waals surface area contributed by atoms with E-state index in [1.165, 1.54) is 19.2 Å². The average Bonchev–Trinajstić information content (AvgIpc) is 2.64. The van der Waals surface area contributed by atoms with E-state index in [4.69, 9.17) is 16.3 Å². The lowest BCUT2D eigenvalue weighted by Crippen LogP contribution is -2.37. The van der Waals surface area contributed by atoms with Crippen molar-refractivity contribution in [1.82, 2.24) is 4.90 Å². The van der Waals surface area contributed by atoms with Crippen LogP contribution in [0.3, 0.4) is 0 Å². The molecule has 5 nitrogen and oxygen atoms in total. The highest BCUT2D eigenvalue weighted by Gasteiger charge is 2.20. The van der Waals surface area contributed by atoms with E-state index in [0.717, 1.165) is 11.6 Å². The molecule has 2 aromatic rings. The summed E-state index contributed by atoms with van der Waals surface area (Å²) in [5.41, 5.74) is 1.35. The van der Waals surface area contributed by atoms with Gasteiger partial charge in [0.2, 0.25) is 5.91 Å². The Morgan fingerprint density at radius 1 is 1.22 bits per heavy atom. The maximum Gasteiger partial charge on any atom is 0.309 e. The van der Waals surface area contributed by atoms with Crippen LogP contribution in [0, 0.1) is 11.7 Å². The van der Waals surface area contributed by atoms with Crippen LogP contribution in [0.1, 0.15) is 12.5 Å². The molecular formula is C20H22ClFN2O3. The minimum absolute atomic E-state index is 0.0456. The molecule has 2 aromatic carbocycles. The minimum Gasteiger partial charge on any atom is -0.469 e. The molecule has 1 amide bonds. The van der Waals surface area contributed by atoms with Crippen molar-refractivity contribution < 1.29 is 18.7 Å². The molecule has 1 N–H and O–H groups in total. The number of anilines is 1. The van der Waals surface area contributed by atoms with Crippen LogP contribution in [0.25, 0.3) is 0 Å². The molecule has 1 atom stereocenters. The fraction of sp³-hybridized carbons (Fsp3) is 0.300. The highest BCUT2D eigenvalue weighted by molar-refractivity contribution is 6.33. The Labute approximate surface area is 163 Å². The number of halogens is 2. The van der Waals surface area contributed by atoms with E-state index in [-0.39, 0.29) is 29.4 Å². The average molecular weight is 393 g/mol. The van der Waals surface area contributed by atoms with Gasteiger partial charge in [0.15, 0.2) is 0 Å². The fourth-order valence-corrected chi connectivity index (χ4v) is 2.89. The molecule has 0 aliphatic heterocycles. The molecule has 0 fully saturated rings. The van der Waals surface area contributed by atoms with Crippen molar-refractivity contribution >= 4 is 29.2 Å². The molecule has 27 heavy (non-hydrogen) atoms. The summed E-state index contributed by atoms with van der Waals surface area (Å²) in [5.74, 6) is -1.51. The summed E-state index contributed by atoms with van der Waals surface area (Å²) in [7, 11) is 1.34. The number of benzene rings is 2. The normalized spacial score (nSPS) is 11.9. The molecule has 2 rings (SSSR count). The van der Waals surface area contributed by atoms with Gasteiger partial charge in [-0.1, -0.05) is 48.9 Å². The van der Waals surface area contributed by atoms with E-state index >= 15 is 0 Å². The minimum atomic E-state index is -0.476. The first-order chi connectivity index (χ1) is 12.9. The Morgan fingerprint density at radius 3 is 2.56 bits per heavy atom. The van der Waals surface area contributed by atoms with Crippen molar-refractivity contribution in [1.29, 1.82) is 0 Å². The van der Waals surface area contributed by atoms with Crippen LogP contribution in [-0.4, -0.2) is 37.0 Å². The number of carbonyl (C=O) groups is 2. The Bertz CT molecular complexity index is 786. The van der Waals surface area contributed by atoms with Crippen LogP contribution in [0.2, 0.25) is 5.02 Å². The number of hydrogen-bond donors (Lipinski definition) is 1. The lowest BCUT2D eigenvalue weighted by atomic mass is 10.1. The summed E-state index contributed by atoms with van der Waals surface area (Å²) >= 11 is 5.96. The predicted octanol–water partition coefficient (Wildman–Crippen LogP) is 3.73. The number of carbonyl (C=O) groups excluding carboxylic acids is 2. The first-order valence-electron chi connectivity index (χ1n) is 8.48. The van der Waals surface area contributed by atoms with E-state index in [9.17, 15) is 14.0 Å². The molecule has 0 radical (unpaired) electrons. The number of rotatable bonds is 8. The van der Waals surface area contributed by atoms with Gasteiger partial charge < -0.3 is 10.1 Å². The molecule has 0 heterocycles. The third-order valence-corrected chi connectivity index (χ3v) is 4.27. The highest BCUT2D eigenvalue weighted by atomic mass is 35.5. The van der Waals surface area contributed by atoms with E-state index in [1.807, 2.05) is 35.2 Å². The second-order valence-corrected chi connectivity index (χ2v) is 6.66. The first-order valence-corrected chi connectivity index (χ1v) is 8.86. The van der Waals surface area contributed by atoms with Gasteiger partial charge in [0, 0.05) is 13.1 Å². The van der Waals surface area contributed by atoms with E-state index in [1.54, 1.807) is 6.92 Å². The Kier molecular flexibility index (Phi) is 7.76. The van der Waals surface area contributed by atoms with Gasteiger partial charge in [-0.25, -0.2) is 4.39 Å². The molecule has 0 aliphatic carbocycles. The van der Waals surface area contributed by atoms with Gasteiger partial charge in [-0.3, -0.25) is 14.5 Å². The SMILES string of the molecule is COC(=O)C(C)CN(CC(=O)Nc1ccc(F)cc1Cl)Cc1ccccc1. The molecular weight excluding hydrogens is 371 g/mol. The molecule has 0 saturated carbocycles. The zero-order valence-electron chi connectivity index (χ0n) is 15.2. The second kappa shape index (κ2) is 10.0. The summed E-state index contributed by atoms with van der Waals surface area (Å²) in [4.78, 5) is 26.1. The van der Waals surface area contributed by atoms with Crippen LogP contribution >= 0.6 is 11.6 Å². The van der Waals surface area contributed by atoms with Crippen LogP contribution < -0.4 is 5.32 Å². The summed E-state index contributed by atoms with van der Waals surface area (Å²) in [6.45, 7) is 2.64. The number of ether oxygens (including phenoxy) is 1. The predicted molar refractivity (Wildman–Crippen MR) is 103 cm³/mol. The van der Waals surface area contributed by atoms with Crippen molar-refractivity contribution in [2.24, 2.45) is 5.92 Å². The van der Waals surface area contributed by atoms with Gasteiger partial charge in [0.1, 0.15) is 5.82 Å². The lowest BCUT2D eigenvalue weighted by molar-refractivity contribution is -0.145. The number of amides is 1. The monoisotopic (exact) mass is 392 g/mol. The zero-order chi connectivity index (χ0) is 19.8. The number of hydrogen-bond acceptors (Lipinski definition) is 4. The molecule has 7 heteroatoms. The second-order valence-electron chi connectivity index (χ2n) is 6.25. The third kappa shape index (κ3) is 6.66. The van der Waals surface area contributed by atoms with Gasteiger partial charge in [0.05, 0.1) is 30.3 Å². The quantitative estimate of drug-likeness (QED) is 0.695. The van der Waals surface area contributed by atoms with Crippen LogP contribution in [0.4, 0.5) is 10.1 Å². The number of nitrogens with one attached hydrogen (secondary N) is 1. The molecule has 144 valence electrons. The van der Waals surface area contributed by atoms with Gasteiger partial charge in [0.25, 0.3) is 0 Å². The first kappa shape index (κ1) is 20.9. The zero-order valence-corrected chi connectivity index (χ0v) is 16.0. The van der Waals surface area contributed by atoms with Crippen molar-refractivity contribution in [2.75, 3.05) is 25.5 Å². The molecule has 0 aliphatic rings. The summed E-state index contributed by atoms with van der Waals surface area (Å²) in [6, 6.07) is 13.4. The summed E-state index contributed by atoms with van der Waals surface area (Å²) < 4.78 is 17.9. The number of methoxy groups -OCH3 is 1. The smallest absolute Gasteiger partial charge is 0.309 e. The van der Waals surface area contributed by atoms with Gasteiger partial charge in [-0.2, -0.15) is 0 Å². The van der Waals surface area contributed by atoms with Gasteiger partial charge in [-0.15, -0.1) is 0 Å². The molecule has 1 unspecified atom stereocenters. The third-order valence-electron chi connectivity index (χ3n) is 3.96. The maximum atomic E-state index is 13.1. The Morgan fingerprint density at radius 2 is 1.93 bits per heavy atom. The van der Waals surface area contributed by atoms with Crippen LogP contribution in [0.5, 0.6) is 0 Å². The largest absolute Gasteiger partial charge is 0.469 e. The standard InChI is InChI=1S/C20H22ClFN2O3/c1-14(20(26)27-2)11-24(12-15-6-4-3-5-7-15)13-19(25)23-18-9-8-16(22)10-17(18)21/h3-10,14H,11-13H2,1-2H3,(H,23,25). The maximum absolute atomic E-state index is 13.1. The Balaban J connectivity index is 2.07. The van der Waals surface area contributed by atoms with Crippen molar-refractivity contribution in [2.45, 2.75) is 13.5 Å². The van der Waals surface area contributed by atoms with E-state index in [2.05, 4.69) is 5.32 Å². The molecule has 0 bridgehead atoms. The molecule has 0 aromatic heterocycles.